The Morgan fingerprint density at radius 3 is 2.57 bits per heavy atom. The molecular weight excluding hydrogens is 318 g/mol. The Labute approximate surface area is 124 Å². The van der Waals surface area contributed by atoms with Crippen molar-refractivity contribution in [3.05, 3.63) is 33.3 Å². The summed E-state index contributed by atoms with van der Waals surface area (Å²) in [5.74, 6) is 0. The van der Waals surface area contributed by atoms with Gasteiger partial charge in [0.05, 0.1) is 10.6 Å². The minimum absolute atomic E-state index is 0.108. The van der Waals surface area contributed by atoms with Gasteiger partial charge in [0, 0.05) is 19.2 Å². The zero-order chi connectivity index (χ0) is 15.6. The van der Waals surface area contributed by atoms with Crippen molar-refractivity contribution in [1.29, 1.82) is 0 Å². The molecule has 0 saturated carbocycles. The maximum atomic E-state index is 12.3. The van der Waals surface area contributed by atoms with Crippen LogP contribution in [0.2, 0.25) is 0 Å². The van der Waals surface area contributed by atoms with Gasteiger partial charge in [0.25, 0.3) is 15.7 Å². The van der Waals surface area contributed by atoms with E-state index in [2.05, 4.69) is 20.2 Å². The van der Waals surface area contributed by atoms with E-state index in [1.165, 1.54) is 13.1 Å². The Bertz CT molecular complexity index is 786. The summed E-state index contributed by atoms with van der Waals surface area (Å²) in [4.78, 5) is 10.0. The van der Waals surface area contributed by atoms with Gasteiger partial charge >= 0.3 is 0 Å². The number of hydrogen-bond acceptors (Lipinski definition) is 8. The molecule has 2 aromatic rings. The van der Waals surface area contributed by atoms with E-state index >= 15 is 0 Å². The molecule has 11 heteroatoms. The van der Waals surface area contributed by atoms with E-state index < -0.39 is 14.9 Å². The van der Waals surface area contributed by atoms with Crippen LogP contribution < -0.4 is 10.0 Å². The molecule has 2 rings (SSSR count). The molecule has 0 atom stereocenters. The van der Waals surface area contributed by atoms with Gasteiger partial charge in [0.15, 0.2) is 0 Å². The maximum absolute atomic E-state index is 12.3. The van der Waals surface area contributed by atoms with E-state index in [9.17, 15) is 18.5 Å². The third kappa shape index (κ3) is 3.25. The minimum Gasteiger partial charge on any atom is -0.387 e. The molecule has 0 aliphatic carbocycles. The smallest absolute Gasteiger partial charge is 0.271 e. The largest absolute Gasteiger partial charge is 0.387 e. The predicted octanol–water partition coefficient (Wildman–Crippen LogP) is 1.60. The van der Waals surface area contributed by atoms with Gasteiger partial charge < -0.3 is 5.32 Å². The van der Waals surface area contributed by atoms with E-state index in [4.69, 9.17) is 0 Å². The van der Waals surface area contributed by atoms with Crippen LogP contribution in [0.5, 0.6) is 0 Å². The third-order valence-electron chi connectivity index (χ3n) is 2.48. The molecule has 9 nitrogen and oxygen atoms in total. The Kier molecular flexibility index (Phi) is 4.04. The molecule has 0 aliphatic heterocycles. The lowest BCUT2D eigenvalue weighted by Gasteiger charge is -2.10. The molecule has 1 aromatic heterocycles. The number of sulfonamides is 1. The number of hydrogen-bond donors (Lipinski definition) is 2. The van der Waals surface area contributed by atoms with Gasteiger partial charge in [-0.2, -0.15) is 0 Å². The van der Waals surface area contributed by atoms with Gasteiger partial charge in [0.1, 0.15) is 9.90 Å². The van der Waals surface area contributed by atoms with Crippen molar-refractivity contribution < 1.29 is 13.3 Å². The molecule has 1 aromatic carbocycles. The van der Waals surface area contributed by atoms with Crippen LogP contribution in [0.15, 0.2) is 23.1 Å². The fraction of sp³-hybridized carbons (Fsp3) is 0.200. The van der Waals surface area contributed by atoms with E-state index in [-0.39, 0.29) is 21.4 Å². The van der Waals surface area contributed by atoms with E-state index in [1.54, 1.807) is 6.92 Å². The second kappa shape index (κ2) is 5.61. The summed E-state index contributed by atoms with van der Waals surface area (Å²) in [7, 11) is -2.43. The van der Waals surface area contributed by atoms with Crippen molar-refractivity contribution in [1.82, 2.24) is 10.2 Å². The van der Waals surface area contributed by atoms with Crippen molar-refractivity contribution in [2.75, 3.05) is 17.1 Å². The van der Waals surface area contributed by atoms with Crippen LogP contribution in [0.25, 0.3) is 0 Å². The first-order valence-corrected chi connectivity index (χ1v) is 7.92. The first-order chi connectivity index (χ1) is 9.83. The van der Waals surface area contributed by atoms with Crippen LogP contribution >= 0.6 is 11.3 Å². The molecule has 0 amide bonds. The average Bonchev–Trinajstić information content (AvgIpc) is 2.82. The quantitative estimate of drug-likeness (QED) is 0.630. The number of nitrogens with one attached hydrogen (secondary N) is 2. The SMILES string of the molecule is CNc1cc([N+](=O)[O-])ccc1S(=O)(=O)Nc1nnc(C)s1. The Hall–Kier alpha value is -2.27. The fourth-order valence-corrected chi connectivity index (χ4v) is 3.59. The summed E-state index contributed by atoms with van der Waals surface area (Å²) in [6.07, 6.45) is 0. The van der Waals surface area contributed by atoms with Crippen LogP contribution in [-0.2, 0) is 10.0 Å². The molecule has 0 bridgehead atoms. The molecule has 0 saturated heterocycles. The second-order valence-electron chi connectivity index (χ2n) is 3.92. The first-order valence-electron chi connectivity index (χ1n) is 5.62. The molecule has 112 valence electrons. The minimum atomic E-state index is -3.91. The van der Waals surface area contributed by atoms with Crippen molar-refractivity contribution in [3.63, 3.8) is 0 Å². The summed E-state index contributed by atoms with van der Waals surface area (Å²) in [6.45, 7) is 1.69. The lowest BCUT2D eigenvalue weighted by molar-refractivity contribution is -0.384. The molecule has 2 N–H and O–H groups in total. The van der Waals surface area contributed by atoms with Gasteiger partial charge in [-0.05, 0) is 13.0 Å². The number of aryl methyl sites for hydroxylation is 1. The number of nitrogens with zero attached hydrogens (tertiary/aromatic N) is 3. The van der Waals surface area contributed by atoms with Gasteiger partial charge in [-0.25, -0.2) is 8.42 Å². The Morgan fingerprint density at radius 1 is 1.33 bits per heavy atom. The number of aromatic nitrogens is 2. The van der Waals surface area contributed by atoms with Crippen LogP contribution in [0.3, 0.4) is 0 Å². The number of rotatable bonds is 5. The van der Waals surface area contributed by atoms with Gasteiger partial charge in [-0.1, -0.05) is 11.3 Å². The van der Waals surface area contributed by atoms with Crippen molar-refractivity contribution >= 4 is 37.9 Å². The number of nitro groups is 1. The predicted molar refractivity (Wildman–Crippen MR) is 78.1 cm³/mol. The topological polar surface area (TPSA) is 127 Å². The molecule has 0 fully saturated rings. The highest BCUT2D eigenvalue weighted by atomic mass is 32.2. The highest BCUT2D eigenvalue weighted by Crippen LogP contribution is 2.28. The Balaban J connectivity index is 2.42. The number of benzene rings is 1. The van der Waals surface area contributed by atoms with Crippen LogP contribution in [-0.4, -0.2) is 30.6 Å². The normalized spacial score (nSPS) is 11.1. The van der Waals surface area contributed by atoms with Gasteiger partial charge in [-0.3, -0.25) is 14.8 Å². The zero-order valence-electron chi connectivity index (χ0n) is 11.0. The Morgan fingerprint density at radius 2 is 2.05 bits per heavy atom. The molecule has 0 radical (unpaired) electrons. The molecule has 21 heavy (non-hydrogen) atoms. The lowest BCUT2D eigenvalue weighted by Crippen LogP contribution is -2.14. The highest BCUT2D eigenvalue weighted by Gasteiger charge is 2.22. The standard InChI is InChI=1S/C10H11N5O4S2/c1-6-12-13-10(20-6)14-21(18,19)9-4-3-7(15(16)17)5-8(9)11-2/h3-5,11H,1-2H3,(H,13,14). The number of anilines is 2. The number of non-ortho nitro benzene ring substituents is 1. The van der Waals surface area contributed by atoms with Gasteiger partial charge in [-0.15, -0.1) is 10.2 Å². The highest BCUT2D eigenvalue weighted by molar-refractivity contribution is 7.93. The lowest BCUT2D eigenvalue weighted by atomic mass is 10.3. The van der Waals surface area contributed by atoms with E-state index in [0.717, 1.165) is 23.5 Å². The summed E-state index contributed by atoms with van der Waals surface area (Å²) in [5, 5.41) is 21.5. The zero-order valence-corrected chi connectivity index (χ0v) is 12.7. The monoisotopic (exact) mass is 329 g/mol. The molecule has 0 spiro atoms. The maximum Gasteiger partial charge on any atom is 0.271 e. The number of nitro benzene ring substituents is 1. The summed E-state index contributed by atoms with van der Waals surface area (Å²) < 4.78 is 26.9. The van der Waals surface area contributed by atoms with Crippen LogP contribution in [0.4, 0.5) is 16.5 Å². The molecule has 1 heterocycles. The molecular formula is C10H11N5O4S2. The first kappa shape index (κ1) is 15.1. The van der Waals surface area contributed by atoms with Gasteiger partial charge in [0.2, 0.25) is 5.13 Å². The molecule has 0 unspecified atom stereocenters. The summed E-state index contributed by atoms with van der Waals surface area (Å²) in [5.41, 5.74) is -0.0806. The van der Waals surface area contributed by atoms with Crippen LogP contribution in [0, 0.1) is 17.0 Å². The average molecular weight is 329 g/mol. The second-order valence-corrected chi connectivity index (χ2v) is 6.75. The van der Waals surface area contributed by atoms with E-state index in [1.807, 2.05) is 0 Å². The third-order valence-corrected chi connectivity index (χ3v) is 4.76. The van der Waals surface area contributed by atoms with Crippen molar-refractivity contribution in [3.8, 4) is 0 Å². The van der Waals surface area contributed by atoms with Crippen molar-refractivity contribution in [2.24, 2.45) is 0 Å². The van der Waals surface area contributed by atoms with Crippen LogP contribution in [0.1, 0.15) is 5.01 Å². The van der Waals surface area contributed by atoms with E-state index in [0.29, 0.717) is 5.01 Å². The fourth-order valence-electron chi connectivity index (χ4n) is 1.57. The summed E-state index contributed by atoms with van der Waals surface area (Å²) >= 11 is 1.09. The molecule has 0 aliphatic rings. The van der Waals surface area contributed by atoms with Crippen molar-refractivity contribution in [2.45, 2.75) is 11.8 Å². The summed E-state index contributed by atoms with van der Waals surface area (Å²) in [6, 6.07) is 3.45.